The molecule has 0 unspecified atom stereocenters. The number of esters is 2. The summed E-state index contributed by atoms with van der Waals surface area (Å²) in [6.07, 6.45) is 0.254. The van der Waals surface area contributed by atoms with Crippen LogP contribution in [0.5, 0.6) is 5.88 Å². The highest BCUT2D eigenvalue weighted by Crippen LogP contribution is 2.21. The molecule has 8 nitrogen and oxygen atoms in total. The summed E-state index contributed by atoms with van der Waals surface area (Å²) >= 11 is 0. The van der Waals surface area contributed by atoms with Crippen LogP contribution in [0.3, 0.4) is 0 Å². The number of aryl methyl sites for hydroxylation is 1. The van der Waals surface area contributed by atoms with Gasteiger partial charge in [-0.25, -0.2) is 14.6 Å². The topological polar surface area (TPSA) is 108 Å². The molecule has 2 aromatic heterocycles. The quantitative estimate of drug-likeness (QED) is 0.622. The molecule has 0 radical (unpaired) electrons. The van der Waals surface area contributed by atoms with Gasteiger partial charge in [0.1, 0.15) is 0 Å². The molecule has 0 spiro atoms. The first-order valence-electron chi connectivity index (χ1n) is 7.82. The number of H-pyrrole nitrogens is 1. The van der Waals surface area contributed by atoms with Crippen molar-refractivity contribution in [2.75, 3.05) is 14.2 Å². The summed E-state index contributed by atoms with van der Waals surface area (Å²) in [4.78, 5) is 43.4. The van der Waals surface area contributed by atoms with Crippen molar-refractivity contribution in [2.45, 2.75) is 26.9 Å². The van der Waals surface area contributed by atoms with Gasteiger partial charge in [0, 0.05) is 18.0 Å². The molecule has 8 heteroatoms. The standard InChI is InChI=1S/C18H20N2O6/c1-9-14(18(23)25-5)10(2)20-15(9)16(21)11(3)26-17(22)12-6-7-13(24-4)19-8-12/h6-8,11,20H,1-5H3/t11-/m1/s1. The molecule has 26 heavy (non-hydrogen) atoms. The first-order valence-corrected chi connectivity index (χ1v) is 7.82. The molecule has 0 amide bonds. The number of rotatable bonds is 6. The van der Waals surface area contributed by atoms with Crippen LogP contribution in [-0.4, -0.2) is 48.0 Å². The van der Waals surface area contributed by atoms with Crippen molar-refractivity contribution in [2.24, 2.45) is 0 Å². The molecule has 1 atom stereocenters. The second kappa shape index (κ2) is 7.81. The van der Waals surface area contributed by atoms with Crippen LogP contribution in [0, 0.1) is 13.8 Å². The highest BCUT2D eigenvalue weighted by Gasteiger charge is 2.27. The molecular weight excluding hydrogens is 340 g/mol. The van der Waals surface area contributed by atoms with E-state index >= 15 is 0 Å². The number of Topliss-reactive ketones (excluding diaryl/α,β-unsaturated/α-hetero) is 1. The lowest BCUT2D eigenvalue weighted by Gasteiger charge is -2.12. The van der Waals surface area contributed by atoms with Crippen LogP contribution in [0.15, 0.2) is 18.3 Å². The maximum Gasteiger partial charge on any atom is 0.340 e. The number of carbonyl (C=O) groups is 3. The van der Waals surface area contributed by atoms with Crippen molar-refractivity contribution < 1.29 is 28.6 Å². The van der Waals surface area contributed by atoms with E-state index in [1.54, 1.807) is 13.8 Å². The third-order valence-corrected chi connectivity index (χ3v) is 3.91. The van der Waals surface area contributed by atoms with E-state index in [2.05, 4.69) is 9.97 Å². The summed E-state index contributed by atoms with van der Waals surface area (Å²) in [6.45, 7) is 4.76. The number of nitrogens with zero attached hydrogens (tertiary/aromatic N) is 1. The van der Waals surface area contributed by atoms with Gasteiger partial charge in [0.25, 0.3) is 0 Å². The fraction of sp³-hybridized carbons (Fsp3) is 0.333. The zero-order chi connectivity index (χ0) is 19.4. The lowest BCUT2D eigenvalue weighted by Crippen LogP contribution is -2.25. The number of aromatic nitrogens is 2. The first kappa shape index (κ1) is 19.2. The Morgan fingerprint density at radius 2 is 1.81 bits per heavy atom. The number of nitrogens with one attached hydrogen (secondary N) is 1. The predicted octanol–water partition coefficient (Wildman–Crippen LogP) is 2.25. The number of hydrogen-bond acceptors (Lipinski definition) is 7. The average molecular weight is 360 g/mol. The molecule has 0 saturated heterocycles. The van der Waals surface area contributed by atoms with E-state index in [0.717, 1.165) is 0 Å². The fourth-order valence-corrected chi connectivity index (χ4v) is 2.51. The van der Waals surface area contributed by atoms with Crippen molar-refractivity contribution in [1.29, 1.82) is 0 Å². The van der Waals surface area contributed by atoms with E-state index in [9.17, 15) is 14.4 Å². The highest BCUT2D eigenvalue weighted by molar-refractivity contribution is 6.04. The maximum atomic E-state index is 12.6. The van der Waals surface area contributed by atoms with Crippen molar-refractivity contribution in [3.8, 4) is 5.88 Å². The molecule has 2 rings (SSSR count). The molecule has 0 aliphatic carbocycles. The number of aromatic amines is 1. The minimum Gasteiger partial charge on any atom is -0.481 e. The van der Waals surface area contributed by atoms with E-state index in [4.69, 9.17) is 14.2 Å². The van der Waals surface area contributed by atoms with Crippen LogP contribution in [0.4, 0.5) is 0 Å². The first-order chi connectivity index (χ1) is 12.3. The summed E-state index contributed by atoms with van der Waals surface area (Å²) in [7, 11) is 2.73. The summed E-state index contributed by atoms with van der Waals surface area (Å²) in [5, 5.41) is 0. The van der Waals surface area contributed by atoms with Crippen molar-refractivity contribution in [3.05, 3.63) is 46.4 Å². The summed E-state index contributed by atoms with van der Waals surface area (Å²) < 4.78 is 14.9. The second-order valence-corrected chi connectivity index (χ2v) is 5.62. The third kappa shape index (κ3) is 3.74. The Labute approximate surface area is 150 Å². The normalized spacial score (nSPS) is 11.6. The van der Waals surface area contributed by atoms with Crippen LogP contribution in [-0.2, 0) is 9.47 Å². The van der Waals surface area contributed by atoms with Gasteiger partial charge in [-0.3, -0.25) is 4.79 Å². The minimum atomic E-state index is -1.05. The Morgan fingerprint density at radius 3 is 2.35 bits per heavy atom. The van der Waals surface area contributed by atoms with Crippen LogP contribution < -0.4 is 4.74 Å². The number of pyridine rings is 1. The lowest BCUT2D eigenvalue weighted by molar-refractivity contribution is 0.0316. The molecule has 0 aliphatic heterocycles. The van der Waals surface area contributed by atoms with Crippen LogP contribution in [0.2, 0.25) is 0 Å². The van der Waals surface area contributed by atoms with Gasteiger partial charge in [0.2, 0.25) is 11.7 Å². The van der Waals surface area contributed by atoms with E-state index in [0.29, 0.717) is 22.7 Å². The molecule has 138 valence electrons. The number of ether oxygens (including phenoxy) is 3. The Bertz CT molecular complexity index is 838. The van der Waals surface area contributed by atoms with E-state index in [1.807, 2.05) is 0 Å². The molecule has 2 heterocycles. The molecular formula is C18H20N2O6. The largest absolute Gasteiger partial charge is 0.481 e. The maximum absolute atomic E-state index is 12.6. The highest BCUT2D eigenvalue weighted by atomic mass is 16.5. The van der Waals surface area contributed by atoms with Gasteiger partial charge in [-0.05, 0) is 32.4 Å². The van der Waals surface area contributed by atoms with Gasteiger partial charge in [-0.2, -0.15) is 0 Å². The zero-order valence-electron chi connectivity index (χ0n) is 15.2. The Hall–Kier alpha value is -3.16. The number of carbonyl (C=O) groups excluding carboxylic acids is 3. The molecule has 1 N–H and O–H groups in total. The van der Waals surface area contributed by atoms with E-state index in [-0.39, 0.29) is 11.3 Å². The SMILES string of the molecule is COC(=O)c1c(C)[nH]c(C(=O)[C@@H](C)OC(=O)c2ccc(OC)nc2)c1C. The van der Waals surface area contributed by atoms with Crippen LogP contribution >= 0.6 is 0 Å². The summed E-state index contributed by atoms with van der Waals surface area (Å²) in [5.41, 5.74) is 1.66. The Morgan fingerprint density at radius 1 is 1.12 bits per heavy atom. The van der Waals surface area contributed by atoms with Gasteiger partial charge in [-0.15, -0.1) is 0 Å². The van der Waals surface area contributed by atoms with Crippen molar-refractivity contribution >= 4 is 17.7 Å². The molecule has 0 aromatic carbocycles. The predicted molar refractivity (Wildman–Crippen MR) is 91.6 cm³/mol. The lowest BCUT2D eigenvalue weighted by atomic mass is 10.1. The second-order valence-electron chi connectivity index (χ2n) is 5.62. The third-order valence-electron chi connectivity index (χ3n) is 3.91. The van der Waals surface area contributed by atoms with Gasteiger partial charge >= 0.3 is 11.9 Å². The van der Waals surface area contributed by atoms with E-state index < -0.39 is 23.8 Å². The van der Waals surface area contributed by atoms with E-state index in [1.165, 1.54) is 39.5 Å². The zero-order valence-corrected chi connectivity index (χ0v) is 15.2. The monoisotopic (exact) mass is 360 g/mol. The number of hydrogen-bond donors (Lipinski definition) is 1. The summed E-state index contributed by atoms with van der Waals surface area (Å²) in [5.74, 6) is -1.31. The molecule has 0 aliphatic rings. The van der Waals surface area contributed by atoms with Gasteiger partial charge < -0.3 is 19.2 Å². The fourth-order valence-electron chi connectivity index (χ4n) is 2.51. The molecule has 2 aromatic rings. The molecule has 0 saturated carbocycles. The van der Waals surface area contributed by atoms with Gasteiger partial charge in [0.15, 0.2) is 6.10 Å². The Balaban J connectivity index is 2.16. The van der Waals surface area contributed by atoms with Crippen molar-refractivity contribution in [1.82, 2.24) is 9.97 Å². The molecule has 0 bridgehead atoms. The van der Waals surface area contributed by atoms with Crippen LogP contribution in [0.1, 0.15) is 49.4 Å². The van der Waals surface area contributed by atoms with Gasteiger partial charge in [-0.1, -0.05) is 0 Å². The minimum absolute atomic E-state index is 0.195. The summed E-state index contributed by atoms with van der Waals surface area (Å²) in [6, 6.07) is 3.01. The molecule has 0 fully saturated rings. The Kier molecular flexibility index (Phi) is 5.76. The number of methoxy groups -OCH3 is 2. The smallest absolute Gasteiger partial charge is 0.340 e. The van der Waals surface area contributed by atoms with Crippen LogP contribution in [0.25, 0.3) is 0 Å². The van der Waals surface area contributed by atoms with Crippen molar-refractivity contribution in [3.63, 3.8) is 0 Å². The number of ketones is 1. The average Bonchev–Trinajstić information content (AvgIpc) is 2.94. The van der Waals surface area contributed by atoms with Gasteiger partial charge in [0.05, 0.1) is 31.0 Å².